The van der Waals surface area contributed by atoms with E-state index in [1.54, 1.807) is 30.5 Å². The molecule has 1 aromatic carbocycles. The Morgan fingerprint density at radius 1 is 1.15 bits per heavy atom. The number of nitrogens with zero attached hydrogens (tertiary/aromatic N) is 6. The largest absolute Gasteiger partial charge is 0.496 e. The summed E-state index contributed by atoms with van der Waals surface area (Å²) in [6.07, 6.45) is 4.47. The molecule has 11 heteroatoms. The number of hydrogen-bond acceptors (Lipinski definition) is 9. The molecule has 4 rings (SSSR count). The van der Waals surface area contributed by atoms with Gasteiger partial charge in [0, 0.05) is 24.8 Å². The lowest BCUT2D eigenvalue weighted by Crippen LogP contribution is -2.50. The molecule has 0 spiro atoms. The number of benzene rings is 1. The van der Waals surface area contributed by atoms with E-state index in [0.717, 1.165) is 12.8 Å². The number of methoxy groups -OCH3 is 2. The van der Waals surface area contributed by atoms with Crippen molar-refractivity contribution < 1.29 is 19.1 Å². The number of pyridine rings is 1. The van der Waals surface area contributed by atoms with Crippen molar-refractivity contribution in [1.29, 1.82) is 0 Å². The van der Waals surface area contributed by atoms with Gasteiger partial charge in [-0.05, 0) is 43.2 Å². The molecule has 3 heterocycles. The minimum atomic E-state index is -0.547. The van der Waals surface area contributed by atoms with Gasteiger partial charge in [-0.15, -0.1) is 15.0 Å². The van der Waals surface area contributed by atoms with E-state index >= 15 is 0 Å². The predicted octanol–water partition coefficient (Wildman–Crippen LogP) is 1.96. The Morgan fingerprint density at radius 2 is 1.97 bits per heavy atom. The van der Waals surface area contributed by atoms with Gasteiger partial charge in [-0.2, -0.15) is 0 Å². The van der Waals surface area contributed by atoms with Crippen LogP contribution in [0.1, 0.15) is 40.5 Å². The van der Waals surface area contributed by atoms with Crippen LogP contribution >= 0.6 is 0 Å². The zero-order valence-corrected chi connectivity index (χ0v) is 18.6. The molecule has 0 bridgehead atoms. The Morgan fingerprint density at radius 3 is 2.70 bits per heavy atom. The van der Waals surface area contributed by atoms with Crippen molar-refractivity contribution in [2.45, 2.75) is 31.8 Å². The molecule has 3 aromatic rings. The first-order valence-electron chi connectivity index (χ1n) is 10.5. The van der Waals surface area contributed by atoms with Crippen molar-refractivity contribution in [3.63, 3.8) is 0 Å². The maximum Gasteiger partial charge on any atom is 0.345 e. The lowest BCUT2D eigenvalue weighted by atomic mass is 9.97. The number of tetrazole rings is 1. The Bertz CT molecular complexity index is 1140. The summed E-state index contributed by atoms with van der Waals surface area (Å²) in [5.74, 6) is 0.0496. The van der Waals surface area contributed by atoms with Crippen LogP contribution < -0.4 is 10.1 Å². The first kappa shape index (κ1) is 22.2. The second-order valence-electron chi connectivity index (χ2n) is 7.70. The molecule has 0 aliphatic carbocycles. The van der Waals surface area contributed by atoms with Crippen LogP contribution in [0.3, 0.4) is 0 Å². The molecule has 0 radical (unpaired) electrons. The van der Waals surface area contributed by atoms with Crippen molar-refractivity contribution in [2.75, 3.05) is 26.1 Å². The standard InChI is InChI=1S/C22H25N7O4/c1-14-8-9-15(26-20-19(22(31)33-3)18(32-2)10-11-23-20)12-28(14)21(30)16-6-4-5-7-17(16)29-25-13-24-27-29/h4-7,10-11,13-15H,8-9,12H2,1-3H3,(H,23,26). The van der Waals surface area contributed by atoms with Crippen LogP contribution in [-0.2, 0) is 4.74 Å². The molecule has 33 heavy (non-hydrogen) atoms. The maximum absolute atomic E-state index is 13.5. The number of likely N-dealkylation sites (tertiary alicyclic amines) is 1. The highest BCUT2D eigenvalue weighted by Crippen LogP contribution is 2.28. The summed E-state index contributed by atoms with van der Waals surface area (Å²) in [5.41, 5.74) is 1.27. The fraction of sp³-hybridized carbons (Fsp3) is 0.364. The number of rotatable bonds is 6. The highest BCUT2D eigenvalue weighted by atomic mass is 16.5. The molecule has 11 nitrogen and oxygen atoms in total. The van der Waals surface area contributed by atoms with Gasteiger partial charge in [-0.3, -0.25) is 4.79 Å². The average Bonchev–Trinajstić information content (AvgIpc) is 3.39. The number of anilines is 1. The summed E-state index contributed by atoms with van der Waals surface area (Å²) >= 11 is 0. The normalized spacial score (nSPS) is 18.0. The number of nitrogens with one attached hydrogen (secondary N) is 1. The van der Waals surface area contributed by atoms with Crippen LogP contribution in [0, 0.1) is 0 Å². The first-order valence-corrected chi connectivity index (χ1v) is 10.5. The summed E-state index contributed by atoms with van der Waals surface area (Å²) in [5, 5.41) is 15.0. The van der Waals surface area contributed by atoms with Gasteiger partial charge in [-0.1, -0.05) is 12.1 Å². The molecule has 1 saturated heterocycles. The minimum Gasteiger partial charge on any atom is -0.496 e. The minimum absolute atomic E-state index is 0.0330. The number of amides is 1. The third kappa shape index (κ3) is 4.47. The molecule has 172 valence electrons. The third-order valence-corrected chi connectivity index (χ3v) is 5.70. The summed E-state index contributed by atoms with van der Waals surface area (Å²) < 4.78 is 10.2. The van der Waals surface area contributed by atoms with Crippen molar-refractivity contribution >= 4 is 17.7 Å². The number of piperidine rings is 1. The highest BCUT2D eigenvalue weighted by Gasteiger charge is 2.32. The summed E-state index contributed by atoms with van der Waals surface area (Å²) in [7, 11) is 2.79. The van der Waals surface area contributed by atoms with E-state index in [0.29, 0.717) is 29.4 Å². The van der Waals surface area contributed by atoms with E-state index in [9.17, 15) is 9.59 Å². The fourth-order valence-corrected chi connectivity index (χ4v) is 3.99. The van der Waals surface area contributed by atoms with E-state index < -0.39 is 5.97 Å². The van der Waals surface area contributed by atoms with Gasteiger partial charge in [0.1, 0.15) is 22.8 Å². The number of esters is 1. The number of ether oxygens (including phenoxy) is 2. The molecule has 1 aliphatic rings. The lowest BCUT2D eigenvalue weighted by molar-refractivity contribution is 0.0591. The van der Waals surface area contributed by atoms with Crippen molar-refractivity contribution in [3.8, 4) is 11.4 Å². The van der Waals surface area contributed by atoms with E-state index in [-0.39, 0.29) is 23.6 Å². The Balaban J connectivity index is 1.58. The Kier molecular flexibility index (Phi) is 6.48. The zero-order valence-electron chi connectivity index (χ0n) is 18.6. The molecular formula is C22H25N7O4. The zero-order chi connectivity index (χ0) is 23.4. The quantitative estimate of drug-likeness (QED) is 0.560. The molecule has 2 atom stereocenters. The number of hydrogen-bond donors (Lipinski definition) is 1. The smallest absolute Gasteiger partial charge is 0.345 e. The van der Waals surface area contributed by atoms with Gasteiger partial charge >= 0.3 is 5.97 Å². The Labute approximate surface area is 190 Å². The number of carbonyl (C=O) groups is 2. The number of aromatic nitrogens is 5. The molecule has 2 aromatic heterocycles. The van der Waals surface area contributed by atoms with E-state index in [2.05, 4.69) is 25.7 Å². The summed E-state index contributed by atoms with van der Waals surface area (Å²) in [4.78, 5) is 33.4. The van der Waals surface area contributed by atoms with Gasteiger partial charge in [0.2, 0.25) is 0 Å². The van der Waals surface area contributed by atoms with E-state index in [1.807, 2.05) is 17.9 Å². The molecule has 1 aliphatic heterocycles. The average molecular weight is 451 g/mol. The third-order valence-electron chi connectivity index (χ3n) is 5.70. The fourth-order valence-electron chi connectivity index (χ4n) is 3.99. The SMILES string of the molecule is COC(=O)c1c(OC)ccnc1NC1CCC(C)N(C(=O)c2ccccc2-n2ncnn2)C1. The molecular weight excluding hydrogens is 426 g/mol. The number of para-hydroxylation sites is 1. The van der Waals surface area contributed by atoms with Crippen LogP contribution in [0.5, 0.6) is 5.75 Å². The van der Waals surface area contributed by atoms with Crippen LogP contribution in [-0.4, -0.2) is 74.8 Å². The first-order chi connectivity index (χ1) is 16.0. The van der Waals surface area contributed by atoms with Crippen molar-refractivity contribution in [3.05, 3.63) is 54.0 Å². The van der Waals surface area contributed by atoms with Gasteiger partial charge < -0.3 is 19.7 Å². The van der Waals surface area contributed by atoms with Crippen molar-refractivity contribution in [1.82, 2.24) is 30.1 Å². The molecule has 0 saturated carbocycles. The monoisotopic (exact) mass is 451 g/mol. The highest BCUT2D eigenvalue weighted by molar-refractivity contribution is 5.98. The van der Waals surface area contributed by atoms with Gasteiger partial charge in [0.25, 0.3) is 5.91 Å². The Hall–Kier alpha value is -4.02. The topological polar surface area (TPSA) is 124 Å². The number of carbonyl (C=O) groups excluding carboxylic acids is 2. The summed E-state index contributed by atoms with van der Waals surface area (Å²) in [6, 6.07) is 8.68. The van der Waals surface area contributed by atoms with Crippen LogP contribution in [0.4, 0.5) is 5.82 Å². The maximum atomic E-state index is 13.5. The van der Waals surface area contributed by atoms with Gasteiger partial charge in [-0.25, -0.2) is 9.78 Å². The van der Waals surface area contributed by atoms with E-state index in [4.69, 9.17) is 9.47 Å². The van der Waals surface area contributed by atoms with Gasteiger partial charge in [0.05, 0.1) is 19.8 Å². The van der Waals surface area contributed by atoms with Crippen LogP contribution in [0.2, 0.25) is 0 Å². The molecule has 2 unspecified atom stereocenters. The van der Waals surface area contributed by atoms with E-state index in [1.165, 1.54) is 25.3 Å². The molecule has 1 N–H and O–H groups in total. The second kappa shape index (κ2) is 9.63. The molecule has 1 fully saturated rings. The van der Waals surface area contributed by atoms with Crippen LogP contribution in [0.15, 0.2) is 42.9 Å². The van der Waals surface area contributed by atoms with Crippen LogP contribution in [0.25, 0.3) is 5.69 Å². The second-order valence-corrected chi connectivity index (χ2v) is 7.70. The van der Waals surface area contributed by atoms with Crippen molar-refractivity contribution in [2.24, 2.45) is 0 Å². The molecule has 1 amide bonds. The summed E-state index contributed by atoms with van der Waals surface area (Å²) in [6.45, 7) is 2.45. The predicted molar refractivity (Wildman–Crippen MR) is 118 cm³/mol. The lowest BCUT2D eigenvalue weighted by Gasteiger charge is -2.39. The van der Waals surface area contributed by atoms with Gasteiger partial charge in [0.15, 0.2) is 6.33 Å².